The molecule has 0 radical (unpaired) electrons. The lowest BCUT2D eigenvalue weighted by Gasteiger charge is -2.22. The van der Waals surface area contributed by atoms with Gasteiger partial charge >= 0.3 is 0 Å². The average Bonchev–Trinajstić information content (AvgIpc) is 3.25. The molecule has 0 spiro atoms. The van der Waals surface area contributed by atoms with Crippen LogP contribution < -0.4 is 5.32 Å². The SMILES string of the molecule is CC(O)(CNC(=O)c1ncn(-c2ccccc2)n1)c1ccsc1. The summed E-state index contributed by atoms with van der Waals surface area (Å²) in [5, 5.41) is 21.0. The number of amides is 1. The predicted molar refractivity (Wildman–Crippen MR) is 87.6 cm³/mol. The van der Waals surface area contributed by atoms with Crippen molar-refractivity contribution in [2.45, 2.75) is 12.5 Å². The molecule has 6 nitrogen and oxygen atoms in total. The monoisotopic (exact) mass is 328 g/mol. The zero-order valence-corrected chi connectivity index (χ0v) is 13.3. The van der Waals surface area contributed by atoms with Crippen LogP contribution in [0, 0.1) is 0 Å². The molecule has 7 heteroatoms. The molecule has 3 aromatic rings. The fourth-order valence-electron chi connectivity index (χ4n) is 2.08. The Morgan fingerprint density at radius 3 is 2.83 bits per heavy atom. The van der Waals surface area contributed by atoms with Gasteiger partial charge in [-0.2, -0.15) is 11.3 Å². The average molecular weight is 328 g/mol. The summed E-state index contributed by atoms with van der Waals surface area (Å²) < 4.78 is 1.53. The van der Waals surface area contributed by atoms with Crippen LogP contribution in [0.2, 0.25) is 0 Å². The van der Waals surface area contributed by atoms with Gasteiger partial charge < -0.3 is 10.4 Å². The van der Waals surface area contributed by atoms with E-state index in [1.54, 1.807) is 6.92 Å². The van der Waals surface area contributed by atoms with Crippen molar-refractivity contribution in [2.75, 3.05) is 6.54 Å². The molecule has 0 aliphatic carbocycles. The molecular weight excluding hydrogens is 312 g/mol. The number of thiophene rings is 1. The molecule has 1 unspecified atom stereocenters. The Morgan fingerprint density at radius 2 is 2.13 bits per heavy atom. The molecule has 0 saturated heterocycles. The first-order chi connectivity index (χ1) is 11.1. The van der Waals surface area contributed by atoms with Crippen LogP contribution in [0.4, 0.5) is 0 Å². The van der Waals surface area contributed by atoms with E-state index >= 15 is 0 Å². The van der Waals surface area contributed by atoms with Gasteiger partial charge in [0.1, 0.15) is 11.9 Å². The van der Waals surface area contributed by atoms with Crippen LogP contribution in [-0.2, 0) is 5.60 Å². The highest BCUT2D eigenvalue weighted by Gasteiger charge is 2.25. The standard InChI is InChI=1S/C16H16N4O2S/c1-16(22,12-7-8-23-9-12)10-17-15(21)14-18-11-20(19-14)13-5-3-2-4-6-13/h2-9,11,22H,10H2,1H3,(H,17,21). The van der Waals surface area contributed by atoms with E-state index in [9.17, 15) is 9.90 Å². The van der Waals surface area contributed by atoms with Crippen molar-refractivity contribution in [1.82, 2.24) is 20.1 Å². The third-order valence-electron chi connectivity index (χ3n) is 3.45. The zero-order valence-electron chi connectivity index (χ0n) is 12.5. The summed E-state index contributed by atoms with van der Waals surface area (Å²) in [6.07, 6.45) is 1.49. The first kappa shape index (κ1) is 15.4. The third kappa shape index (κ3) is 3.46. The highest BCUT2D eigenvalue weighted by molar-refractivity contribution is 7.08. The smallest absolute Gasteiger partial charge is 0.291 e. The second kappa shape index (κ2) is 6.31. The zero-order chi connectivity index (χ0) is 16.3. The van der Waals surface area contributed by atoms with Gasteiger partial charge in [0.05, 0.1) is 12.2 Å². The van der Waals surface area contributed by atoms with E-state index in [-0.39, 0.29) is 12.4 Å². The normalized spacial score (nSPS) is 13.5. The first-order valence-corrected chi connectivity index (χ1v) is 8.01. The summed E-state index contributed by atoms with van der Waals surface area (Å²) in [5.74, 6) is -0.356. The van der Waals surface area contributed by atoms with E-state index in [0.29, 0.717) is 0 Å². The van der Waals surface area contributed by atoms with Gasteiger partial charge in [-0.3, -0.25) is 4.79 Å². The van der Waals surface area contributed by atoms with Crippen molar-refractivity contribution in [3.05, 3.63) is 64.9 Å². The molecule has 2 heterocycles. The molecule has 3 rings (SSSR count). The molecule has 2 aromatic heterocycles. The lowest BCUT2D eigenvalue weighted by Crippen LogP contribution is -2.38. The van der Waals surface area contributed by atoms with Crippen LogP contribution >= 0.6 is 11.3 Å². The number of nitrogens with one attached hydrogen (secondary N) is 1. The molecule has 1 aromatic carbocycles. The van der Waals surface area contributed by atoms with Crippen molar-refractivity contribution >= 4 is 17.2 Å². The van der Waals surface area contributed by atoms with Crippen LogP contribution in [0.15, 0.2) is 53.5 Å². The number of hydrogen-bond acceptors (Lipinski definition) is 5. The fraction of sp³-hybridized carbons (Fsp3) is 0.188. The number of nitrogens with zero attached hydrogens (tertiary/aromatic N) is 3. The van der Waals surface area contributed by atoms with Crippen LogP contribution in [0.25, 0.3) is 5.69 Å². The molecule has 0 bridgehead atoms. The minimum atomic E-state index is -1.13. The highest BCUT2D eigenvalue weighted by atomic mass is 32.1. The van der Waals surface area contributed by atoms with Crippen molar-refractivity contribution in [3.63, 3.8) is 0 Å². The number of carbonyl (C=O) groups is 1. The van der Waals surface area contributed by atoms with Gasteiger partial charge in [-0.15, -0.1) is 5.10 Å². The molecule has 1 amide bonds. The number of para-hydroxylation sites is 1. The Labute approximate surface area is 137 Å². The number of hydrogen-bond donors (Lipinski definition) is 2. The Kier molecular flexibility index (Phi) is 4.22. The topological polar surface area (TPSA) is 80.0 Å². The Bertz CT molecular complexity index is 782. The Hall–Kier alpha value is -2.51. The van der Waals surface area contributed by atoms with Crippen LogP contribution in [0.3, 0.4) is 0 Å². The molecule has 0 aliphatic heterocycles. The highest BCUT2D eigenvalue weighted by Crippen LogP contribution is 2.22. The van der Waals surface area contributed by atoms with Gasteiger partial charge in [-0.25, -0.2) is 9.67 Å². The van der Waals surface area contributed by atoms with E-state index in [0.717, 1.165) is 11.3 Å². The number of rotatable bonds is 5. The summed E-state index contributed by atoms with van der Waals surface area (Å²) >= 11 is 1.50. The van der Waals surface area contributed by atoms with E-state index in [4.69, 9.17) is 0 Å². The molecule has 118 valence electrons. The maximum atomic E-state index is 12.1. The maximum Gasteiger partial charge on any atom is 0.291 e. The molecule has 0 saturated carbocycles. The minimum absolute atomic E-state index is 0.0648. The van der Waals surface area contributed by atoms with Crippen LogP contribution in [0.5, 0.6) is 0 Å². The quantitative estimate of drug-likeness (QED) is 0.750. The molecule has 23 heavy (non-hydrogen) atoms. The number of aliphatic hydroxyl groups is 1. The number of carbonyl (C=O) groups excluding carboxylic acids is 1. The fourth-order valence-corrected chi connectivity index (χ4v) is 2.86. The van der Waals surface area contributed by atoms with Crippen molar-refractivity contribution in [2.24, 2.45) is 0 Å². The van der Waals surface area contributed by atoms with E-state index in [1.807, 2.05) is 47.2 Å². The lowest BCUT2D eigenvalue weighted by atomic mass is 9.99. The van der Waals surface area contributed by atoms with Crippen molar-refractivity contribution in [3.8, 4) is 5.69 Å². The number of benzene rings is 1. The van der Waals surface area contributed by atoms with Crippen molar-refractivity contribution < 1.29 is 9.90 Å². The molecule has 0 aliphatic rings. The molecule has 2 N–H and O–H groups in total. The van der Waals surface area contributed by atoms with Crippen LogP contribution in [0.1, 0.15) is 23.1 Å². The number of aromatic nitrogens is 3. The summed E-state index contributed by atoms with van der Waals surface area (Å²) in [6, 6.07) is 11.2. The summed E-state index contributed by atoms with van der Waals surface area (Å²) in [7, 11) is 0. The third-order valence-corrected chi connectivity index (χ3v) is 4.14. The largest absolute Gasteiger partial charge is 0.384 e. The van der Waals surface area contributed by atoms with Gasteiger partial charge in [-0.1, -0.05) is 18.2 Å². The summed E-state index contributed by atoms with van der Waals surface area (Å²) in [4.78, 5) is 16.2. The van der Waals surface area contributed by atoms with E-state index in [1.165, 1.54) is 22.3 Å². The van der Waals surface area contributed by atoms with Gasteiger partial charge in [0.15, 0.2) is 0 Å². The molecule has 0 fully saturated rings. The minimum Gasteiger partial charge on any atom is -0.384 e. The lowest BCUT2D eigenvalue weighted by molar-refractivity contribution is 0.0527. The maximum absolute atomic E-state index is 12.1. The van der Waals surface area contributed by atoms with Crippen molar-refractivity contribution in [1.29, 1.82) is 0 Å². The summed E-state index contributed by atoms with van der Waals surface area (Å²) in [6.45, 7) is 1.74. The Balaban J connectivity index is 1.66. The van der Waals surface area contributed by atoms with Gasteiger partial charge in [-0.05, 0) is 41.4 Å². The second-order valence-electron chi connectivity index (χ2n) is 5.32. The van der Waals surface area contributed by atoms with E-state index in [2.05, 4.69) is 15.4 Å². The van der Waals surface area contributed by atoms with Gasteiger partial charge in [0, 0.05) is 0 Å². The van der Waals surface area contributed by atoms with E-state index < -0.39 is 11.5 Å². The summed E-state index contributed by atoms with van der Waals surface area (Å²) in [5.41, 5.74) is 0.465. The first-order valence-electron chi connectivity index (χ1n) is 7.06. The Morgan fingerprint density at radius 1 is 1.35 bits per heavy atom. The molecule has 1 atom stereocenters. The molecular formula is C16H16N4O2S. The van der Waals surface area contributed by atoms with Gasteiger partial charge in [0.2, 0.25) is 5.82 Å². The predicted octanol–water partition coefficient (Wildman–Crippen LogP) is 1.97. The second-order valence-corrected chi connectivity index (χ2v) is 6.10. The van der Waals surface area contributed by atoms with Gasteiger partial charge in [0.25, 0.3) is 5.91 Å². The van der Waals surface area contributed by atoms with Crippen LogP contribution in [-0.4, -0.2) is 32.3 Å².